The van der Waals surface area contributed by atoms with Crippen molar-refractivity contribution in [2.24, 2.45) is 23.2 Å². The van der Waals surface area contributed by atoms with E-state index in [1.54, 1.807) is 0 Å². The first-order chi connectivity index (χ1) is 6.73. The van der Waals surface area contributed by atoms with Crippen molar-refractivity contribution >= 4 is 0 Å². The minimum atomic E-state index is 0.659. The van der Waals surface area contributed by atoms with Gasteiger partial charge >= 0.3 is 0 Å². The Hall–Kier alpha value is -0.0400. The highest BCUT2D eigenvalue weighted by Crippen LogP contribution is 2.59. The molecule has 0 aromatic heterocycles. The molecule has 0 aromatic carbocycles. The van der Waals surface area contributed by atoms with Gasteiger partial charge in [-0.3, -0.25) is 0 Å². The quantitative estimate of drug-likeness (QED) is 0.727. The lowest BCUT2D eigenvalue weighted by Crippen LogP contribution is -2.42. The van der Waals surface area contributed by atoms with Crippen molar-refractivity contribution in [3.8, 4) is 0 Å². The van der Waals surface area contributed by atoms with Gasteiger partial charge in [0.05, 0.1) is 0 Å². The molecule has 2 aliphatic carbocycles. The maximum atomic E-state index is 3.45. The van der Waals surface area contributed by atoms with Crippen LogP contribution in [0, 0.1) is 23.2 Å². The van der Waals surface area contributed by atoms with E-state index in [9.17, 15) is 0 Å². The van der Waals surface area contributed by atoms with Crippen molar-refractivity contribution in [1.82, 2.24) is 5.32 Å². The fourth-order valence-electron chi connectivity index (χ4n) is 4.22. The maximum Gasteiger partial charge on any atom is 0.00101 e. The van der Waals surface area contributed by atoms with Crippen LogP contribution < -0.4 is 5.32 Å². The van der Waals surface area contributed by atoms with Gasteiger partial charge < -0.3 is 5.32 Å². The molecule has 4 unspecified atom stereocenters. The van der Waals surface area contributed by atoms with Crippen LogP contribution in [-0.2, 0) is 0 Å². The molecule has 4 atom stereocenters. The number of rotatable bonds is 4. The van der Waals surface area contributed by atoms with Crippen molar-refractivity contribution in [3.05, 3.63) is 0 Å². The summed E-state index contributed by atoms with van der Waals surface area (Å²) < 4.78 is 0. The zero-order valence-electron chi connectivity index (χ0n) is 9.97. The van der Waals surface area contributed by atoms with Crippen LogP contribution in [0.3, 0.4) is 0 Å². The third-order valence-electron chi connectivity index (χ3n) is 5.12. The fourth-order valence-corrected chi connectivity index (χ4v) is 4.22. The van der Waals surface area contributed by atoms with Gasteiger partial charge in [-0.15, -0.1) is 0 Å². The number of hydrogen-bond donors (Lipinski definition) is 1. The Morgan fingerprint density at radius 2 is 2.21 bits per heavy atom. The van der Waals surface area contributed by atoms with E-state index in [0.717, 1.165) is 17.8 Å². The zero-order valence-corrected chi connectivity index (χ0v) is 9.97. The maximum absolute atomic E-state index is 3.45. The first-order valence-corrected chi connectivity index (χ1v) is 6.37. The summed E-state index contributed by atoms with van der Waals surface area (Å²) in [5.41, 5.74) is 0.659. The fraction of sp³-hybridized carbons (Fsp3) is 1.00. The smallest absolute Gasteiger partial charge is 0.00101 e. The normalized spacial score (nSPS) is 43.1. The first kappa shape index (κ1) is 10.5. The molecular weight excluding hydrogens is 170 g/mol. The monoisotopic (exact) mass is 195 g/mol. The lowest BCUT2D eigenvalue weighted by Gasteiger charge is -2.42. The van der Waals surface area contributed by atoms with Gasteiger partial charge in [-0.25, -0.2) is 0 Å². The van der Waals surface area contributed by atoms with Gasteiger partial charge in [-0.2, -0.15) is 0 Å². The summed E-state index contributed by atoms with van der Waals surface area (Å²) in [6, 6.07) is 0. The van der Waals surface area contributed by atoms with E-state index in [2.05, 4.69) is 26.2 Å². The van der Waals surface area contributed by atoms with Crippen LogP contribution >= 0.6 is 0 Å². The Morgan fingerprint density at radius 1 is 1.43 bits per heavy atom. The molecule has 2 fully saturated rings. The standard InChI is InChI=1S/C13H25N/c1-4-10(2)13(9-14-3)8-11-5-6-12(13)7-11/h10-12,14H,4-9H2,1-3H3. The van der Waals surface area contributed by atoms with Gasteiger partial charge in [-0.05, 0) is 49.5 Å². The number of nitrogens with one attached hydrogen (secondary N) is 1. The minimum Gasteiger partial charge on any atom is -0.319 e. The molecule has 82 valence electrons. The van der Waals surface area contributed by atoms with Crippen LogP contribution in [0.1, 0.15) is 46.0 Å². The molecule has 1 nitrogen and oxygen atoms in total. The third kappa shape index (κ3) is 1.41. The summed E-state index contributed by atoms with van der Waals surface area (Å²) in [6.45, 7) is 6.08. The molecule has 0 aliphatic heterocycles. The van der Waals surface area contributed by atoms with Crippen LogP contribution in [0.2, 0.25) is 0 Å². The van der Waals surface area contributed by atoms with Crippen LogP contribution in [-0.4, -0.2) is 13.6 Å². The minimum absolute atomic E-state index is 0.659. The highest BCUT2D eigenvalue weighted by atomic mass is 14.8. The Kier molecular flexibility index (Phi) is 2.88. The summed E-state index contributed by atoms with van der Waals surface area (Å²) >= 11 is 0. The van der Waals surface area contributed by atoms with E-state index < -0.39 is 0 Å². The molecule has 0 aromatic rings. The SMILES string of the molecule is CCC(C)C1(CNC)CC2CCC1C2. The molecular formula is C13H25N. The second kappa shape index (κ2) is 3.84. The Balaban J connectivity index is 2.15. The summed E-state index contributed by atoms with van der Waals surface area (Å²) in [5.74, 6) is 3.02. The summed E-state index contributed by atoms with van der Waals surface area (Å²) in [6.07, 6.45) is 7.42. The van der Waals surface area contributed by atoms with E-state index >= 15 is 0 Å². The molecule has 2 rings (SSSR count). The average molecular weight is 195 g/mol. The summed E-state index contributed by atoms with van der Waals surface area (Å²) in [7, 11) is 2.12. The van der Waals surface area contributed by atoms with E-state index in [0.29, 0.717) is 5.41 Å². The molecule has 0 radical (unpaired) electrons. The van der Waals surface area contributed by atoms with Gasteiger partial charge in [-0.1, -0.05) is 26.7 Å². The molecule has 0 amide bonds. The van der Waals surface area contributed by atoms with Gasteiger partial charge in [0.25, 0.3) is 0 Å². The predicted octanol–water partition coefficient (Wildman–Crippen LogP) is 3.06. The second-order valence-corrected chi connectivity index (χ2v) is 5.65. The van der Waals surface area contributed by atoms with Crippen LogP contribution in [0.25, 0.3) is 0 Å². The predicted molar refractivity (Wildman–Crippen MR) is 61.3 cm³/mol. The topological polar surface area (TPSA) is 12.0 Å². The highest BCUT2D eigenvalue weighted by Gasteiger charge is 2.52. The number of fused-ring (bicyclic) bond motifs is 2. The molecule has 0 saturated heterocycles. The van der Waals surface area contributed by atoms with Crippen molar-refractivity contribution in [3.63, 3.8) is 0 Å². The van der Waals surface area contributed by atoms with E-state index in [4.69, 9.17) is 0 Å². The van der Waals surface area contributed by atoms with Gasteiger partial charge in [0.1, 0.15) is 0 Å². The molecule has 2 bridgehead atoms. The van der Waals surface area contributed by atoms with Crippen molar-refractivity contribution in [1.29, 1.82) is 0 Å². The van der Waals surface area contributed by atoms with E-state index in [1.807, 2.05) is 0 Å². The highest BCUT2D eigenvalue weighted by molar-refractivity contribution is 5.03. The van der Waals surface area contributed by atoms with Crippen LogP contribution in [0.5, 0.6) is 0 Å². The second-order valence-electron chi connectivity index (χ2n) is 5.65. The molecule has 1 heteroatoms. The Labute approximate surface area is 88.7 Å². The van der Waals surface area contributed by atoms with Crippen molar-refractivity contribution < 1.29 is 0 Å². The van der Waals surface area contributed by atoms with E-state index in [1.165, 1.54) is 38.6 Å². The van der Waals surface area contributed by atoms with Crippen LogP contribution in [0.4, 0.5) is 0 Å². The largest absolute Gasteiger partial charge is 0.319 e. The molecule has 2 saturated carbocycles. The Morgan fingerprint density at radius 3 is 2.64 bits per heavy atom. The van der Waals surface area contributed by atoms with Crippen LogP contribution in [0.15, 0.2) is 0 Å². The Bertz CT molecular complexity index is 201. The van der Waals surface area contributed by atoms with Crippen molar-refractivity contribution in [2.75, 3.05) is 13.6 Å². The van der Waals surface area contributed by atoms with Gasteiger partial charge in [0, 0.05) is 6.54 Å². The number of hydrogen-bond acceptors (Lipinski definition) is 1. The van der Waals surface area contributed by atoms with Gasteiger partial charge in [0.2, 0.25) is 0 Å². The summed E-state index contributed by atoms with van der Waals surface area (Å²) in [5, 5.41) is 3.45. The zero-order chi connectivity index (χ0) is 10.2. The molecule has 14 heavy (non-hydrogen) atoms. The third-order valence-corrected chi connectivity index (χ3v) is 5.12. The van der Waals surface area contributed by atoms with Gasteiger partial charge in [0.15, 0.2) is 0 Å². The molecule has 2 aliphatic rings. The molecule has 0 heterocycles. The lowest BCUT2D eigenvalue weighted by molar-refractivity contribution is 0.0826. The first-order valence-electron chi connectivity index (χ1n) is 6.37. The molecule has 0 spiro atoms. The average Bonchev–Trinajstić information content (AvgIpc) is 2.77. The lowest BCUT2D eigenvalue weighted by atomic mass is 9.64. The van der Waals surface area contributed by atoms with Crippen molar-refractivity contribution in [2.45, 2.75) is 46.0 Å². The summed E-state index contributed by atoms with van der Waals surface area (Å²) in [4.78, 5) is 0. The van der Waals surface area contributed by atoms with E-state index in [-0.39, 0.29) is 0 Å². The molecule has 1 N–H and O–H groups in total.